The van der Waals surface area contributed by atoms with Gasteiger partial charge in [-0.15, -0.1) is 0 Å². The number of halogens is 1. The molecule has 1 aromatic carbocycles. The molecule has 4 N–H and O–H groups in total. The van der Waals surface area contributed by atoms with Crippen molar-refractivity contribution in [2.24, 2.45) is 23.2 Å². The third-order valence-electron chi connectivity index (χ3n) is 9.18. The summed E-state index contributed by atoms with van der Waals surface area (Å²) in [6, 6.07) is 2.78. The first-order valence-corrected chi connectivity index (χ1v) is 14.8. The number of benzene rings is 1. The molecular weight excluding hydrogens is 615 g/mol. The standard InChI is InChI=1S/C29H41IN2O7/c1-16(35)32(14-18-5-6-20-13-21(18)29(20,2)3)23-11-19(28(37)31-7-8-33)12-24(26(23)36)39-27-22(30)9-17(15-34)10-25(27)38-4/h9-10,12,18,20-21,23-24,26,33-34,36H,5-8,11,13-15H2,1-4H3,(H,31,37). The minimum atomic E-state index is -1.09. The van der Waals surface area contributed by atoms with E-state index in [0.29, 0.717) is 44.6 Å². The average molecular weight is 657 g/mol. The molecule has 0 heterocycles. The fourth-order valence-corrected chi connectivity index (χ4v) is 7.62. The van der Waals surface area contributed by atoms with Crippen molar-refractivity contribution in [3.63, 3.8) is 0 Å². The van der Waals surface area contributed by atoms with E-state index in [4.69, 9.17) is 9.47 Å². The van der Waals surface area contributed by atoms with Gasteiger partial charge in [-0.05, 0) is 88.8 Å². The Morgan fingerprint density at radius 2 is 1.97 bits per heavy atom. The summed E-state index contributed by atoms with van der Waals surface area (Å²) in [6.45, 7) is 6.42. The number of rotatable bonds is 10. The van der Waals surface area contributed by atoms with Crippen LogP contribution in [0.15, 0.2) is 23.8 Å². The third kappa shape index (κ3) is 6.08. The third-order valence-corrected chi connectivity index (χ3v) is 9.98. The summed E-state index contributed by atoms with van der Waals surface area (Å²) < 4.78 is 12.5. The van der Waals surface area contributed by atoms with Crippen LogP contribution < -0.4 is 14.8 Å². The van der Waals surface area contributed by atoms with Crippen molar-refractivity contribution in [2.45, 2.75) is 71.3 Å². The number of methoxy groups -OCH3 is 1. The van der Waals surface area contributed by atoms with Gasteiger partial charge >= 0.3 is 0 Å². The number of aliphatic hydroxyl groups is 3. The fraction of sp³-hybridized carbons (Fsp3) is 0.655. The molecule has 0 spiro atoms. The van der Waals surface area contributed by atoms with Gasteiger partial charge in [0.1, 0.15) is 12.2 Å². The number of nitrogens with zero attached hydrogens (tertiary/aromatic N) is 1. The van der Waals surface area contributed by atoms with E-state index in [-0.39, 0.29) is 43.4 Å². The Bertz CT molecular complexity index is 1110. The van der Waals surface area contributed by atoms with Gasteiger partial charge in [0.05, 0.1) is 29.9 Å². The Morgan fingerprint density at radius 1 is 1.23 bits per heavy atom. The van der Waals surface area contributed by atoms with E-state index in [1.54, 1.807) is 23.1 Å². The van der Waals surface area contributed by atoms with Crippen LogP contribution in [0.4, 0.5) is 0 Å². The molecule has 3 saturated carbocycles. The van der Waals surface area contributed by atoms with Crippen LogP contribution in [0.3, 0.4) is 0 Å². The number of amides is 2. The molecule has 9 nitrogen and oxygen atoms in total. The molecule has 0 aliphatic heterocycles. The molecule has 0 saturated heterocycles. The summed E-state index contributed by atoms with van der Waals surface area (Å²) in [6.07, 6.45) is 3.14. The van der Waals surface area contributed by atoms with Crippen LogP contribution >= 0.6 is 22.6 Å². The van der Waals surface area contributed by atoms with Gasteiger partial charge in [-0.1, -0.05) is 13.8 Å². The van der Waals surface area contributed by atoms with E-state index in [1.165, 1.54) is 20.5 Å². The van der Waals surface area contributed by atoms with Crippen LogP contribution in [0.1, 0.15) is 52.0 Å². The number of fused-ring (bicyclic) bond motifs is 2. The smallest absolute Gasteiger partial charge is 0.247 e. The molecule has 2 bridgehead atoms. The number of hydrogen-bond donors (Lipinski definition) is 4. The van der Waals surface area contributed by atoms with Gasteiger partial charge in [-0.25, -0.2) is 0 Å². The lowest BCUT2D eigenvalue weighted by Crippen LogP contribution is -2.59. The van der Waals surface area contributed by atoms with Crippen LogP contribution in [0.25, 0.3) is 0 Å². The van der Waals surface area contributed by atoms with E-state index in [1.807, 2.05) is 0 Å². The molecule has 39 heavy (non-hydrogen) atoms. The molecule has 216 valence electrons. The van der Waals surface area contributed by atoms with E-state index in [0.717, 1.165) is 18.8 Å². The van der Waals surface area contributed by atoms with Crippen molar-refractivity contribution in [3.8, 4) is 11.5 Å². The van der Waals surface area contributed by atoms with E-state index < -0.39 is 18.2 Å². The van der Waals surface area contributed by atoms with E-state index in [2.05, 4.69) is 41.8 Å². The zero-order chi connectivity index (χ0) is 28.5. The van der Waals surface area contributed by atoms with Gasteiger partial charge in [-0.3, -0.25) is 9.59 Å². The van der Waals surface area contributed by atoms with Gasteiger partial charge in [0.2, 0.25) is 11.8 Å². The van der Waals surface area contributed by atoms with Crippen LogP contribution in [0.2, 0.25) is 0 Å². The normalized spacial score (nSPS) is 29.1. The second-order valence-electron chi connectivity index (χ2n) is 11.7. The maximum Gasteiger partial charge on any atom is 0.247 e. The Labute approximate surface area is 244 Å². The van der Waals surface area contributed by atoms with E-state index in [9.17, 15) is 24.9 Å². The van der Waals surface area contributed by atoms with Crippen molar-refractivity contribution in [1.82, 2.24) is 10.2 Å². The van der Waals surface area contributed by atoms with Crippen molar-refractivity contribution in [1.29, 1.82) is 0 Å². The zero-order valence-electron chi connectivity index (χ0n) is 23.2. The monoisotopic (exact) mass is 656 g/mol. The predicted octanol–water partition coefficient (Wildman–Crippen LogP) is 2.63. The summed E-state index contributed by atoms with van der Waals surface area (Å²) in [7, 11) is 1.50. The van der Waals surface area contributed by atoms with Gasteiger partial charge in [0.25, 0.3) is 0 Å². The van der Waals surface area contributed by atoms with Gasteiger partial charge in [0, 0.05) is 32.0 Å². The Balaban J connectivity index is 1.64. The summed E-state index contributed by atoms with van der Waals surface area (Å²) in [5, 5.41) is 33.1. The molecule has 1 aromatic rings. The molecule has 0 aromatic heterocycles. The number of hydrogen-bond acceptors (Lipinski definition) is 7. The topological polar surface area (TPSA) is 129 Å². The van der Waals surface area contributed by atoms with Gasteiger partial charge in [0.15, 0.2) is 11.5 Å². The van der Waals surface area contributed by atoms with Crippen molar-refractivity contribution >= 4 is 34.4 Å². The summed E-state index contributed by atoms with van der Waals surface area (Å²) in [5.41, 5.74) is 1.30. The Hall–Kier alpha value is -1.89. The summed E-state index contributed by atoms with van der Waals surface area (Å²) in [4.78, 5) is 27.8. The lowest BCUT2D eigenvalue weighted by Gasteiger charge is -2.61. The first-order valence-electron chi connectivity index (χ1n) is 13.7. The highest BCUT2D eigenvalue weighted by atomic mass is 127. The van der Waals surface area contributed by atoms with Gasteiger partial charge in [-0.2, -0.15) is 0 Å². The van der Waals surface area contributed by atoms with E-state index >= 15 is 0 Å². The molecular formula is C29H41IN2O7. The second-order valence-corrected chi connectivity index (χ2v) is 12.8. The molecule has 6 unspecified atom stereocenters. The van der Waals surface area contributed by atoms with Crippen LogP contribution in [0.5, 0.6) is 11.5 Å². The highest BCUT2D eigenvalue weighted by Gasteiger charge is 2.55. The number of carbonyl (C=O) groups excluding carboxylic acids is 2. The fourth-order valence-electron chi connectivity index (χ4n) is 6.83. The first kappa shape index (κ1) is 30.1. The summed E-state index contributed by atoms with van der Waals surface area (Å²) >= 11 is 2.08. The Morgan fingerprint density at radius 3 is 2.56 bits per heavy atom. The quantitative estimate of drug-likeness (QED) is 0.285. The average Bonchev–Trinajstić information content (AvgIpc) is 2.92. The molecule has 4 aliphatic carbocycles. The maximum absolute atomic E-state index is 13.1. The van der Waals surface area contributed by atoms with Crippen molar-refractivity contribution < 1.29 is 34.4 Å². The second kappa shape index (κ2) is 12.3. The number of ether oxygens (including phenoxy) is 2. The molecule has 6 atom stereocenters. The minimum Gasteiger partial charge on any atom is -0.493 e. The number of carbonyl (C=O) groups is 2. The molecule has 5 rings (SSSR count). The Kier molecular flexibility index (Phi) is 9.50. The molecule has 4 aliphatic rings. The largest absolute Gasteiger partial charge is 0.493 e. The van der Waals surface area contributed by atoms with Crippen molar-refractivity contribution in [3.05, 3.63) is 32.9 Å². The maximum atomic E-state index is 13.1. The van der Waals surface area contributed by atoms with Crippen LogP contribution in [-0.4, -0.2) is 77.1 Å². The summed E-state index contributed by atoms with van der Waals surface area (Å²) in [5.74, 6) is 1.88. The first-order chi connectivity index (χ1) is 18.5. The molecule has 0 radical (unpaired) electrons. The van der Waals surface area contributed by atoms with Gasteiger partial charge < -0.3 is 35.0 Å². The molecule has 3 fully saturated rings. The van der Waals surface area contributed by atoms with Crippen molar-refractivity contribution in [2.75, 3.05) is 26.8 Å². The lowest BCUT2D eigenvalue weighted by molar-refractivity contribution is -0.146. The number of nitrogens with one attached hydrogen (secondary N) is 1. The SMILES string of the molecule is COc1cc(CO)cc(I)c1OC1C=C(C(=O)NCCO)CC(N(CC2CCC3CC2C3(C)C)C(C)=O)C1O. The highest BCUT2D eigenvalue weighted by Crippen LogP contribution is 2.61. The highest BCUT2D eigenvalue weighted by molar-refractivity contribution is 14.1. The molecule has 2 amide bonds. The predicted molar refractivity (Wildman–Crippen MR) is 154 cm³/mol. The van der Waals surface area contributed by atoms with Crippen LogP contribution in [-0.2, 0) is 16.2 Å². The zero-order valence-corrected chi connectivity index (χ0v) is 25.3. The minimum absolute atomic E-state index is 0.0969. The molecule has 10 heteroatoms. The lowest BCUT2D eigenvalue weighted by atomic mass is 9.45. The number of aliphatic hydroxyl groups excluding tert-OH is 3. The van der Waals surface area contributed by atoms with Crippen LogP contribution in [0, 0.1) is 26.7 Å².